The van der Waals surface area contributed by atoms with Crippen LogP contribution in [0.4, 0.5) is 0 Å². The van der Waals surface area contributed by atoms with E-state index in [1.807, 2.05) is 6.07 Å². The number of fused-ring (bicyclic) bond motifs is 9. The average Bonchev–Trinajstić information content (AvgIpc) is 3.73. The Morgan fingerprint density at radius 2 is 1.38 bits per heavy atom. The molecule has 3 aromatic heterocycles. The highest BCUT2D eigenvalue weighted by molar-refractivity contribution is 6.20. The quantitative estimate of drug-likeness (QED) is 0.185. The van der Waals surface area contributed by atoms with Crippen LogP contribution < -0.4 is 4.57 Å². The largest absolute Gasteiger partial charge is 0.456 e. The maximum atomic E-state index is 6.74. The maximum absolute atomic E-state index is 6.74. The molecule has 4 heteroatoms. The molecule has 0 bridgehead atoms. The van der Waals surface area contributed by atoms with Crippen LogP contribution in [0.15, 0.2) is 112 Å². The molecule has 6 aromatic carbocycles. The van der Waals surface area contributed by atoms with Crippen molar-refractivity contribution in [3.8, 4) is 17.1 Å². The summed E-state index contributed by atoms with van der Waals surface area (Å²) in [4.78, 5) is 0. The number of hydrogen-bond acceptors (Lipinski definition) is 2. The second kappa shape index (κ2) is 10.1. The van der Waals surface area contributed by atoms with Crippen LogP contribution in [0.1, 0.15) is 56.2 Å². The zero-order valence-corrected chi connectivity index (χ0v) is 27.7. The van der Waals surface area contributed by atoms with Crippen molar-refractivity contribution in [3.05, 3.63) is 120 Å². The number of rotatable bonds is 4. The number of hydrogen-bond donors (Lipinski definition) is 0. The first-order chi connectivity index (χ1) is 22.8. The van der Waals surface area contributed by atoms with E-state index in [4.69, 9.17) is 8.83 Å². The van der Waals surface area contributed by atoms with E-state index < -0.39 is 0 Å². The van der Waals surface area contributed by atoms with E-state index in [1.165, 1.54) is 55.0 Å². The summed E-state index contributed by atoms with van der Waals surface area (Å²) < 4.78 is 18.3. The summed E-state index contributed by atoms with van der Waals surface area (Å²) in [6.07, 6.45) is 0. The van der Waals surface area contributed by atoms with Gasteiger partial charge in [0.25, 0.3) is 5.82 Å². The fraction of sp³-hybridized carbons (Fsp3) is 0.186. The fourth-order valence-corrected chi connectivity index (χ4v) is 7.98. The molecule has 0 atom stereocenters. The Kier molecular flexibility index (Phi) is 5.98. The van der Waals surface area contributed by atoms with Gasteiger partial charge in [0.05, 0.1) is 7.05 Å². The highest BCUT2D eigenvalue weighted by Crippen LogP contribution is 2.47. The molecule has 230 valence electrons. The van der Waals surface area contributed by atoms with Crippen LogP contribution in [0.3, 0.4) is 0 Å². The molecule has 9 rings (SSSR count). The molecule has 0 spiro atoms. The first kappa shape index (κ1) is 27.9. The van der Waals surface area contributed by atoms with E-state index >= 15 is 0 Å². The van der Waals surface area contributed by atoms with Gasteiger partial charge < -0.3 is 8.83 Å². The van der Waals surface area contributed by atoms with Crippen LogP contribution in [0.25, 0.3) is 82.8 Å². The number of benzene rings is 6. The monoisotopic (exact) mass is 613 g/mol. The van der Waals surface area contributed by atoms with Gasteiger partial charge in [-0.15, -0.1) is 0 Å². The Morgan fingerprint density at radius 3 is 2.19 bits per heavy atom. The summed E-state index contributed by atoms with van der Waals surface area (Å²) in [5.41, 5.74) is 12.1. The highest BCUT2D eigenvalue weighted by Gasteiger charge is 2.35. The molecular formula is C43H37N2O2+. The molecule has 4 nitrogen and oxygen atoms in total. The molecule has 0 aliphatic rings. The highest BCUT2D eigenvalue weighted by atomic mass is 16.3. The van der Waals surface area contributed by atoms with Crippen molar-refractivity contribution >= 4 is 65.7 Å². The van der Waals surface area contributed by atoms with Gasteiger partial charge in [-0.25, -0.2) is 4.57 Å². The third-order valence-electron chi connectivity index (χ3n) is 10.1. The number of para-hydroxylation sites is 3. The first-order valence-corrected chi connectivity index (χ1v) is 16.6. The van der Waals surface area contributed by atoms with E-state index in [0.29, 0.717) is 0 Å². The predicted octanol–water partition coefficient (Wildman–Crippen LogP) is 11.6. The van der Waals surface area contributed by atoms with E-state index in [-0.39, 0.29) is 11.8 Å². The van der Waals surface area contributed by atoms with Gasteiger partial charge in [-0.05, 0) is 65.4 Å². The summed E-state index contributed by atoms with van der Waals surface area (Å²) in [5.74, 6) is 1.57. The van der Waals surface area contributed by atoms with E-state index in [0.717, 1.165) is 44.5 Å². The molecule has 0 fully saturated rings. The standard InChI is InChI=1S/C43H37N2O2/c1-24(2)31-23-36-40(39-28-14-8-7-13-27(28)20-22-35(39)46-36)37(25(3)4)41(31)45-33-17-11-10-16-32(33)44(6)43(45)38-26(5)19-21-30-29-15-9-12-18-34(29)47-42(30)38/h7-25H,1-6H3/q+1. The van der Waals surface area contributed by atoms with Crippen molar-refractivity contribution in [2.45, 2.75) is 46.5 Å². The van der Waals surface area contributed by atoms with Crippen LogP contribution in [0.5, 0.6) is 0 Å². The Morgan fingerprint density at radius 1 is 0.638 bits per heavy atom. The molecule has 3 heterocycles. The van der Waals surface area contributed by atoms with Gasteiger partial charge in [-0.1, -0.05) is 100 Å². The van der Waals surface area contributed by atoms with E-state index in [2.05, 4.69) is 148 Å². The molecule has 0 aliphatic heterocycles. The number of furan rings is 2. The number of aromatic nitrogens is 2. The Balaban J connectivity index is 1.52. The topological polar surface area (TPSA) is 35.1 Å². The minimum absolute atomic E-state index is 0.216. The van der Waals surface area contributed by atoms with Crippen molar-refractivity contribution in [1.29, 1.82) is 0 Å². The zero-order chi connectivity index (χ0) is 32.1. The number of imidazole rings is 1. The molecule has 9 aromatic rings. The lowest BCUT2D eigenvalue weighted by Crippen LogP contribution is -2.30. The number of nitrogens with zero attached hydrogens (tertiary/aromatic N) is 2. The van der Waals surface area contributed by atoms with Crippen LogP contribution >= 0.6 is 0 Å². The molecule has 47 heavy (non-hydrogen) atoms. The molecule has 0 radical (unpaired) electrons. The third-order valence-corrected chi connectivity index (χ3v) is 10.1. The van der Waals surface area contributed by atoms with Gasteiger partial charge in [-0.3, -0.25) is 0 Å². The van der Waals surface area contributed by atoms with E-state index in [1.54, 1.807) is 0 Å². The number of aryl methyl sites for hydroxylation is 2. The van der Waals surface area contributed by atoms with Crippen LogP contribution in [0.2, 0.25) is 0 Å². The summed E-state index contributed by atoms with van der Waals surface area (Å²) >= 11 is 0. The Bertz CT molecular complexity index is 2720. The van der Waals surface area contributed by atoms with Gasteiger partial charge >= 0.3 is 0 Å². The molecule has 0 aliphatic carbocycles. The fourth-order valence-electron chi connectivity index (χ4n) is 7.98. The second-order valence-electron chi connectivity index (χ2n) is 13.6. The van der Waals surface area contributed by atoms with Crippen LogP contribution in [-0.2, 0) is 7.05 Å². The predicted molar refractivity (Wildman–Crippen MR) is 195 cm³/mol. The van der Waals surface area contributed by atoms with Crippen molar-refractivity contribution < 1.29 is 13.4 Å². The normalized spacial score (nSPS) is 12.4. The lowest BCUT2D eigenvalue weighted by Gasteiger charge is -2.20. The van der Waals surface area contributed by atoms with Crippen molar-refractivity contribution in [2.24, 2.45) is 7.05 Å². The smallest absolute Gasteiger partial charge is 0.299 e. The lowest BCUT2D eigenvalue weighted by atomic mass is 9.87. The van der Waals surface area contributed by atoms with Crippen LogP contribution in [-0.4, -0.2) is 4.57 Å². The minimum atomic E-state index is 0.216. The summed E-state index contributed by atoms with van der Waals surface area (Å²) in [5, 5.41) is 7.11. The first-order valence-electron chi connectivity index (χ1n) is 16.6. The molecule has 0 amide bonds. The minimum Gasteiger partial charge on any atom is -0.456 e. The summed E-state index contributed by atoms with van der Waals surface area (Å²) in [6, 6.07) is 36.9. The third kappa shape index (κ3) is 3.85. The van der Waals surface area contributed by atoms with Crippen LogP contribution in [0, 0.1) is 6.92 Å². The van der Waals surface area contributed by atoms with Gasteiger partial charge in [0.2, 0.25) is 0 Å². The molecule has 0 unspecified atom stereocenters. The van der Waals surface area contributed by atoms with Gasteiger partial charge in [-0.2, -0.15) is 4.57 Å². The molecule has 0 saturated heterocycles. The van der Waals surface area contributed by atoms with E-state index in [9.17, 15) is 0 Å². The summed E-state index contributed by atoms with van der Waals surface area (Å²) in [7, 11) is 2.19. The van der Waals surface area contributed by atoms with Gasteiger partial charge in [0.1, 0.15) is 28.0 Å². The van der Waals surface area contributed by atoms with Gasteiger partial charge in [0, 0.05) is 32.7 Å². The maximum Gasteiger partial charge on any atom is 0.299 e. The van der Waals surface area contributed by atoms with Gasteiger partial charge in [0.15, 0.2) is 16.6 Å². The van der Waals surface area contributed by atoms with Crippen molar-refractivity contribution in [2.75, 3.05) is 0 Å². The van der Waals surface area contributed by atoms with Crippen molar-refractivity contribution in [1.82, 2.24) is 4.57 Å². The molecule has 0 N–H and O–H groups in total. The lowest BCUT2D eigenvalue weighted by molar-refractivity contribution is -0.633. The Labute approximate surface area is 273 Å². The SMILES string of the molecule is Cc1ccc2c(oc3ccccc32)c1-c1n(-c2c(C(C)C)cc3oc4ccc5ccccc5c4c3c2C(C)C)c2ccccc2[n+]1C. The second-order valence-corrected chi connectivity index (χ2v) is 13.6. The molecule has 0 saturated carbocycles. The Hall–Kier alpha value is -5.35. The zero-order valence-electron chi connectivity index (χ0n) is 27.7. The van der Waals surface area contributed by atoms with Crippen molar-refractivity contribution in [3.63, 3.8) is 0 Å². The molecular weight excluding hydrogens is 576 g/mol. The summed E-state index contributed by atoms with van der Waals surface area (Å²) in [6.45, 7) is 11.4. The average molecular weight is 614 g/mol.